The highest BCUT2D eigenvalue weighted by Crippen LogP contribution is 2.17. The summed E-state index contributed by atoms with van der Waals surface area (Å²) in [5, 5.41) is 10.9. The van der Waals surface area contributed by atoms with Crippen LogP contribution < -0.4 is 5.32 Å². The number of nitrogens with zero attached hydrogens (tertiary/aromatic N) is 1. The van der Waals surface area contributed by atoms with E-state index in [1.54, 1.807) is 6.07 Å². The lowest BCUT2D eigenvalue weighted by atomic mass is 10.3. The normalized spacial score (nSPS) is 9.08. The molecular weight excluding hydrogens is 175 g/mol. The number of hydrogen-bond donors (Lipinski definition) is 2. The van der Waals surface area contributed by atoms with Gasteiger partial charge >= 0.3 is 0 Å². The maximum absolute atomic E-state index is 12.9. The molecule has 0 aromatic heterocycles. The minimum absolute atomic E-state index is 0.0914. The van der Waals surface area contributed by atoms with Crippen molar-refractivity contribution in [2.75, 3.05) is 11.9 Å². The van der Waals surface area contributed by atoms with Crippen LogP contribution in [0.4, 0.5) is 10.1 Å². The fraction of sp³-hybridized carbons (Fsp3) is 0.125. The number of nitriles is 1. The third-order valence-electron chi connectivity index (χ3n) is 1.31. The van der Waals surface area contributed by atoms with Gasteiger partial charge in [-0.15, -0.1) is 12.6 Å². The Balaban J connectivity index is 2.84. The van der Waals surface area contributed by atoms with E-state index in [4.69, 9.17) is 5.26 Å². The van der Waals surface area contributed by atoms with Gasteiger partial charge in [-0.3, -0.25) is 0 Å². The molecule has 1 N–H and O–H groups in total. The first-order valence-corrected chi connectivity index (χ1v) is 3.78. The molecular formula is C8H7FN2S. The van der Waals surface area contributed by atoms with Crippen LogP contribution in [-0.4, -0.2) is 6.54 Å². The van der Waals surface area contributed by atoms with Crippen LogP contribution in [0.2, 0.25) is 0 Å². The van der Waals surface area contributed by atoms with Crippen LogP contribution in [0.5, 0.6) is 0 Å². The number of hydrogen-bond acceptors (Lipinski definition) is 3. The van der Waals surface area contributed by atoms with E-state index in [1.165, 1.54) is 12.1 Å². The molecule has 1 aromatic rings. The Morgan fingerprint density at radius 3 is 3.00 bits per heavy atom. The smallest absolute Gasteiger partial charge is 0.146 e. The molecule has 0 amide bonds. The van der Waals surface area contributed by atoms with Gasteiger partial charge in [0.1, 0.15) is 12.4 Å². The van der Waals surface area contributed by atoms with Crippen molar-refractivity contribution in [3.63, 3.8) is 0 Å². The van der Waals surface area contributed by atoms with E-state index in [0.29, 0.717) is 10.6 Å². The van der Waals surface area contributed by atoms with Crippen LogP contribution in [0.3, 0.4) is 0 Å². The average molecular weight is 182 g/mol. The average Bonchev–Trinajstić information content (AvgIpc) is 2.07. The first-order chi connectivity index (χ1) is 5.74. The molecule has 0 fully saturated rings. The van der Waals surface area contributed by atoms with Gasteiger partial charge in [0, 0.05) is 4.90 Å². The third-order valence-corrected chi connectivity index (χ3v) is 1.59. The lowest BCUT2D eigenvalue weighted by Gasteiger charge is -2.03. The molecule has 62 valence electrons. The Morgan fingerprint density at radius 1 is 1.58 bits per heavy atom. The zero-order valence-corrected chi connectivity index (χ0v) is 7.11. The third kappa shape index (κ3) is 2.14. The molecule has 1 aromatic carbocycles. The summed E-state index contributed by atoms with van der Waals surface area (Å²) in [7, 11) is 0. The van der Waals surface area contributed by atoms with Gasteiger partial charge in [0.05, 0.1) is 11.8 Å². The highest BCUT2D eigenvalue weighted by atomic mass is 32.1. The number of benzene rings is 1. The lowest BCUT2D eigenvalue weighted by molar-refractivity contribution is 0.630. The van der Waals surface area contributed by atoms with E-state index >= 15 is 0 Å². The zero-order chi connectivity index (χ0) is 8.97. The van der Waals surface area contributed by atoms with Crippen LogP contribution >= 0.6 is 12.6 Å². The van der Waals surface area contributed by atoms with Gasteiger partial charge < -0.3 is 5.32 Å². The summed E-state index contributed by atoms with van der Waals surface area (Å²) in [5.41, 5.74) is 0.309. The molecule has 0 atom stereocenters. The van der Waals surface area contributed by atoms with E-state index < -0.39 is 0 Å². The van der Waals surface area contributed by atoms with Crippen LogP contribution in [0.1, 0.15) is 0 Å². The van der Waals surface area contributed by atoms with Gasteiger partial charge in [0.15, 0.2) is 0 Å². The molecule has 12 heavy (non-hydrogen) atoms. The Hall–Kier alpha value is -1.21. The van der Waals surface area contributed by atoms with Crippen molar-refractivity contribution in [3.05, 3.63) is 24.0 Å². The molecule has 0 aliphatic heterocycles. The molecule has 4 heteroatoms. The number of rotatable bonds is 2. The van der Waals surface area contributed by atoms with E-state index in [9.17, 15) is 4.39 Å². The molecule has 0 bridgehead atoms. The van der Waals surface area contributed by atoms with Gasteiger partial charge in [-0.05, 0) is 18.2 Å². The van der Waals surface area contributed by atoms with Crippen molar-refractivity contribution >= 4 is 18.3 Å². The minimum Gasteiger partial charge on any atom is -0.370 e. The summed E-state index contributed by atoms with van der Waals surface area (Å²) in [5.74, 6) is -0.372. The molecule has 0 saturated carbocycles. The molecule has 0 unspecified atom stereocenters. The van der Waals surface area contributed by atoms with Gasteiger partial charge in [0.25, 0.3) is 0 Å². The highest BCUT2D eigenvalue weighted by molar-refractivity contribution is 7.80. The van der Waals surface area contributed by atoms with Gasteiger partial charge in [-0.25, -0.2) is 4.39 Å². The number of nitrogens with one attached hydrogen (secondary N) is 1. The summed E-state index contributed by atoms with van der Waals surface area (Å²) >= 11 is 4.03. The molecule has 2 nitrogen and oxygen atoms in total. The summed E-state index contributed by atoms with van der Waals surface area (Å²) in [6.07, 6.45) is 0. The SMILES string of the molecule is N#CCNc1cc(S)ccc1F. The first kappa shape index (κ1) is 8.88. The summed E-state index contributed by atoms with van der Waals surface area (Å²) in [6.45, 7) is 0.0914. The standard InChI is InChI=1S/C8H7FN2S/c9-7-2-1-6(12)5-8(7)11-4-3-10/h1-2,5,11-12H,4H2. The predicted octanol–water partition coefficient (Wildman–Crippen LogP) is 2.05. The molecule has 1 rings (SSSR count). The fourth-order valence-corrected chi connectivity index (χ4v) is 0.987. The van der Waals surface area contributed by atoms with E-state index in [-0.39, 0.29) is 12.4 Å². The Bertz CT molecular complexity index is 319. The van der Waals surface area contributed by atoms with Crippen molar-refractivity contribution < 1.29 is 4.39 Å². The Kier molecular flexibility index (Phi) is 2.94. The van der Waals surface area contributed by atoms with Gasteiger partial charge in [0.2, 0.25) is 0 Å². The summed E-state index contributed by atoms with van der Waals surface area (Å²) < 4.78 is 12.9. The largest absolute Gasteiger partial charge is 0.370 e. The van der Waals surface area contributed by atoms with Crippen LogP contribution in [-0.2, 0) is 0 Å². The quantitative estimate of drug-likeness (QED) is 0.542. The Morgan fingerprint density at radius 2 is 2.33 bits per heavy atom. The maximum atomic E-state index is 12.9. The molecule has 0 saturated heterocycles. The lowest BCUT2D eigenvalue weighted by Crippen LogP contribution is -2.00. The highest BCUT2D eigenvalue weighted by Gasteiger charge is 1.99. The van der Waals surface area contributed by atoms with Crippen LogP contribution in [0.25, 0.3) is 0 Å². The maximum Gasteiger partial charge on any atom is 0.146 e. The van der Waals surface area contributed by atoms with Gasteiger partial charge in [-0.2, -0.15) is 5.26 Å². The monoisotopic (exact) mass is 182 g/mol. The second-order valence-corrected chi connectivity index (χ2v) is 2.69. The van der Waals surface area contributed by atoms with Gasteiger partial charge in [-0.1, -0.05) is 0 Å². The van der Waals surface area contributed by atoms with Crippen molar-refractivity contribution in [1.29, 1.82) is 5.26 Å². The van der Waals surface area contributed by atoms with Crippen molar-refractivity contribution in [1.82, 2.24) is 0 Å². The van der Waals surface area contributed by atoms with Crippen LogP contribution in [0, 0.1) is 17.1 Å². The summed E-state index contributed by atoms with van der Waals surface area (Å²) in [4.78, 5) is 0.664. The molecule has 0 radical (unpaired) electrons. The van der Waals surface area contributed by atoms with Crippen LogP contribution in [0.15, 0.2) is 23.1 Å². The predicted molar refractivity (Wildman–Crippen MR) is 47.8 cm³/mol. The zero-order valence-electron chi connectivity index (χ0n) is 6.21. The molecule has 0 aliphatic rings. The van der Waals surface area contributed by atoms with E-state index in [1.807, 2.05) is 6.07 Å². The van der Waals surface area contributed by atoms with E-state index in [0.717, 1.165) is 0 Å². The second kappa shape index (κ2) is 3.98. The number of thiol groups is 1. The number of anilines is 1. The van der Waals surface area contributed by atoms with Crippen molar-refractivity contribution in [2.45, 2.75) is 4.90 Å². The first-order valence-electron chi connectivity index (χ1n) is 3.33. The Labute approximate surface area is 75.4 Å². The van der Waals surface area contributed by atoms with Crippen molar-refractivity contribution in [2.24, 2.45) is 0 Å². The van der Waals surface area contributed by atoms with Crippen molar-refractivity contribution in [3.8, 4) is 6.07 Å². The van der Waals surface area contributed by atoms with E-state index in [2.05, 4.69) is 17.9 Å². The molecule has 0 heterocycles. The summed E-state index contributed by atoms with van der Waals surface area (Å²) in [6, 6.07) is 6.26. The molecule has 0 spiro atoms. The minimum atomic E-state index is -0.372. The fourth-order valence-electron chi connectivity index (χ4n) is 0.783. The topological polar surface area (TPSA) is 35.8 Å². The number of halogens is 1. The molecule has 0 aliphatic carbocycles. The second-order valence-electron chi connectivity index (χ2n) is 2.18.